The second-order valence-corrected chi connectivity index (χ2v) is 8.44. The second-order valence-electron chi connectivity index (χ2n) is 8.44. The second kappa shape index (κ2) is 9.27. The van der Waals surface area contributed by atoms with E-state index in [1.165, 1.54) is 23.3 Å². The Bertz CT molecular complexity index is 1400. The zero-order valence-electron chi connectivity index (χ0n) is 19.4. The van der Waals surface area contributed by atoms with Gasteiger partial charge in [-0.25, -0.2) is 14.2 Å². The van der Waals surface area contributed by atoms with Gasteiger partial charge in [-0.1, -0.05) is 6.07 Å². The molecule has 0 saturated carbocycles. The molecule has 5 rings (SSSR count). The number of hydroxylamine groups is 2. The summed E-state index contributed by atoms with van der Waals surface area (Å²) in [5.74, 6) is -0.962. The summed E-state index contributed by atoms with van der Waals surface area (Å²) in [6.45, 7) is 3.60. The molecule has 2 aromatic heterocycles. The van der Waals surface area contributed by atoms with Gasteiger partial charge in [0, 0.05) is 34.9 Å². The third kappa shape index (κ3) is 4.43. The molecule has 1 saturated heterocycles. The van der Waals surface area contributed by atoms with Gasteiger partial charge in [-0.2, -0.15) is 0 Å². The molecule has 0 unspecified atom stereocenters. The molecule has 1 atom stereocenters. The van der Waals surface area contributed by atoms with E-state index in [1.807, 2.05) is 6.07 Å². The van der Waals surface area contributed by atoms with Crippen LogP contribution < -0.4 is 15.4 Å². The summed E-state index contributed by atoms with van der Waals surface area (Å²) >= 11 is 0. The minimum Gasteiger partial charge on any atom is -0.408 e. The molecule has 10 nitrogen and oxygen atoms in total. The smallest absolute Gasteiger partial charge is 0.408 e. The van der Waals surface area contributed by atoms with Crippen LogP contribution >= 0.6 is 0 Å². The van der Waals surface area contributed by atoms with Gasteiger partial charge in [-0.3, -0.25) is 19.4 Å². The normalized spacial score (nSPS) is 17.9. The Morgan fingerprint density at radius 3 is 2.94 bits per heavy atom. The number of anilines is 1. The van der Waals surface area contributed by atoms with E-state index < -0.39 is 23.9 Å². The third-order valence-corrected chi connectivity index (χ3v) is 5.94. The van der Waals surface area contributed by atoms with Crippen molar-refractivity contribution >= 4 is 35.2 Å². The van der Waals surface area contributed by atoms with Crippen molar-refractivity contribution in [3.8, 4) is 5.75 Å². The van der Waals surface area contributed by atoms with Gasteiger partial charge in [0.05, 0.1) is 17.8 Å². The number of fused-ring (bicyclic) bond motifs is 1. The van der Waals surface area contributed by atoms with Crippen LogP contribution in [0.4, 0.5) is 14.9 Å². The topological polar surface area (TPSA) is 126 Å². The number of carbonyl (C=O) groups excluding carboxylic acids is 3. The highest BCUT2D eigenvalue weighted by atomic mass is 19.1. The first-order chi connectivity index (χ1) is 17.3. The number of hydrogen-bond donors (Lipinski definition) is 3. The van der Waals surface area contributed by atoms with Crippen LogP contribution in [0.5, 0.6) is 5.75 Å². The van der Waals surface area contributed by atoms with E-state index in [9.17, 15) is 18.8 Å². The number of nitrogens with zero attached hydrogens (tertiary/aromatic N) is 2. The number of pyridine rings is 1. The summed E-state index contributed by atoms with van der Waals surface area (Å²) in [6, 6.07) is 6.73. The maximum absolute atomic E-state index is 13.7. The van der Waals surface area contributed by atoms with E-state index in [2.05, 4.69) is 20.6 Å². The fourth-order valence-corrected chi connectivity index (χ4v) is 4.12. The Morgan fingerprint density at radius 1 is 1.33 bits per heavy atom. The van der Waals surface area contributed by atoms with Crippen LogP contribution in [0.3, 0.4) is 0 Å². The van der Waals surface area contributed by atoms with E-state index >= 15 is 0 Å². The van der Waals surface area contributed by atoms with E-state index in [1.54, 1.807) is 38.4 Å². The quantitative estimate of drug-likeness (QED) is 0.471. The largest absolute Gasteiger partial charge is 0.413 e. The lowest BCUT2D eigenvalue weighted by atomic mass is 10.0. The number of H-pyrrole nitrogens is 1. The molecule has 3 aromatic rings. The molecule has 2 aliphatic rings. The number of hydrogen-bond acceptors (Lipinski definition) is 6. The van der Waals surface area contributed by atoms with Crippen molar-refractivity contribution in [3.63, 3.8) is 0 Å². The molecule has 0 bridgehead atoms. The monoisotopic (exact) mass is 491 g/mol. The number of aryl methyl sites for hydroxylation is 1. The summed E-state index contributed by atoms with van der Waals surface area (Å²) < 4.78 is 19.2. The summed E-state index contributed by atoms with van der Waals surface area (Å²) in [5.41, 5.74) is 3.68. The fraction of sp³-hybridized carbons (Fsp3) is 0.200. The lowest BCUT2D eigenvalue weighted by Gasteiger charge is -2.14. The summed E-state index contributed by atoms with van der Waals surface area (Å²) in [5, 5.41) is 6.40. The van der Waals surface area contributed by atoms with Gasteiger partial charge in [0.25, 0.3) is 11.8 Å². The van der Waals surface area contributed by atoms with Crippen LogP contribution in [0.1, 0.15) is 28.1 Å². The highest BCUT2D eigenvalue weighted by molar-refractivity contribution is 6.34. The minimum absolute atomic E-state index is 0.0261. The molecule has 11 heteroatoms. The van der Waals surface area contributed by atoms with E-state index in [0.717, 1.165) is 5.56 Å². The van der Waals surface area contributed by atoms with Gasteiger partial charge in [-0.15, -0.1) is 0 Å². The predicted octanol–water partition coefficient (Wildman–Crippen LogP) is 3.09. The van der Waals surface area contributed by atoms with Crippen molar-refractivity contribution in [1.29, 1.82) is 0 Å². The van der Waals surface area contributed by atoms with Crippen molar-refractivity contribution in [1.82, 2.24) is 20.3 Å². The Morgan fingerprint density at radius 2 is 2.17 bits per heavy atom. The summed E-state index contributed by atoms with van der Waals surface area (Å²) in [6.07, 6.45) is 4.01. The predicted molar refractivity (Wildman–Crippen MR) is 127 cm³/mol. The number of carbonyl (C=O) groups is 3. The van der Waals surface area contributed by atoms with Crippen molar-refractivity contribution in [2.24, 2.45) is 0 Å². The molecule has 36 heavy (non-hydrogen) atoms. The van der Waals surface area contributed by atoms with Crippen LogP contribution in [0.15, 0.2) is 42.7 Å². The van der Waals surface area contributed by atoms with Gasteiger partial charge in [0.15, 0.2) is 5.75 Å². The maximum atomic E-state index is 13.7. The first-order valence-electron chi connectivity index (χ1n) is 11.1. The molecule has 1 fully saturated rings. The maximum Gasteiger partial charge on any atom is 0.413 e. The number of aromatic nitrogens is 2. The average molecular weight is 491 g/mol. The lowest BCUT2D eigenvalue weighted by Crippen LogP contribution is -2.43. The number of aromatic amines is 1. The Hall–Kier alpha value is -4.51. The van der Waals surface area contributed by atoms with Gasteiger partial charge in [0.2, 0.25) is 0 Å². The lowest BCUT2D eigenvalue weighted by molar-refractivity contribution is -0.164. The molecule has 1 aromatic carbocycles. The molecule has 4 heterocycles. The van der Waals surface area contributed by atoms with Crippen LogP contribution in [0.2, 0.25) is 0 Å². The molecule has 2 aliphatic heterocycles. The Kier molecular flexibility index (Phi) is 5.98. The molecule has 0 radical (unpaired) electrons. The first kappa shape index (κ1) is 23.2. The van der Waals surface area contributed by atoms with Crippen molar-refractivity contribution in [3.05, 3.63) is 76.6 Å². The number of rotatable bonds is 5. The van der Waals surface area contributed by atoms with Crippen LogP contribution in [0.25, 0.3) is 11.6 Å². The fourth-order valence-electron chi connectivity index (χ4n) is 4.12. The number of amides is 3. The number of nitrogens with one attached hydrogen (secondary N) is 3. The van der Waals surface area contributed by atoms with E-state index in [0.29, 0.717) is 28.2 Å². The summed E-state index contributed by atoms with van der Waals surface area (Å²) in [7, 11) is 0. The number of benzene rings is 1. The van der Waals surface area contributed by atoms with Crippen molar-refractivity contribution in [2.75, 3.05) is 11.9 Å². The SMILES string of the molecule is Cc1[nH]c(/C=C2\C(=O)Nc3ccc(F)cc32)c(C)c1OC(=O)N[C@@H]1CON(Cc2cccnc2)C1=O. The number of ether oxygens (including phenoxy) is 1. The van der Waals surface area contributed by atoms with Gasteiger partial charge >= 0.3 is 6.09 Å². The van der Waals surface area contributed by atoms with Gasteiger partial charge < -0.3 is 20.4 Å². The highest BCUT2D eigenvalue weighted by Crippen LogP contribution is 2.35. The minimum atomic E-state index is -0.899. The molecule has 0 spiro atoms. The molecule has 0 aliphatic carbocycles. The zero-order valence-corrected chi connectivity index (χ0v) is 19.4. The summed E-state index contributed by atoms with van der Waals surface area (Å²) in [4.78, 5) is 50.1. The molecular weight excluding hydrogens is 469 g/mol. The van der Waals surface area contributed by atoms with Crippen LogP contribution in [-0.2, 0) is 21.0 Å². The molecule has 3 amide bonds. The first-order valence-corrected chi connectivity index (χ1v) is 11.1. The third-order valence-electron chi connectivity index (χ3n) is 5.94. The Balaban J connectivity index is 1.27. The zero-order chi connectivity index (χ0) is 25.4. The van der Waals surface area contributed by atoms with Crippen molar-refractivity contribution < 1.29 is 28.3 Å². The van der Waals surface area contributed by atoms with Crippen molar-refractivity contribution in [2.45, 2.75) is 26.4 Å². The van der Waals surface area contributed by atoms with Crippen LogP contribution in [-0.4, -0.2) is 45.6 Å². The van der Waals surface area contributed by atoms with E-state index in [4.69, 9.17) is 9.57 Å². The molecule has 184 valence electrons. The standard InChI is InChI=1S/C25H22FN5O5/c1-13-20(9-18-17-8-16(26)5-6-19(17)29-23(18)32)28-14(2)22(13)36-25(34)30-21-12-35-31(24(21)33)11-15-4-3-7-27-10-15/h3-10,21,28H,11-12H2,1-2H3,(H,29,32)(H,30,34)/b18-9-/t21-/m1/s1. The van der Waals surface area contributed by atoms with Gasteiger partial charge in [-0.05, 0) is 49.8 Å². The van der Waals surface area contributed by atoms with Gasteiger partial charge in [0.1, 0.15) is 18.5 Å². The van der Waals surface area contributed by atoms with E-state index in [-0.39, 0.29) is 30.4 Å². The number of halogens is 1. The highest BCUT2D eigenvalue weighted by Gasteiger charge is 2.35. The Labute approximate surface area is 205 Å². The average Bonchev–Trinajstić information content (AvgIpc) is 3.44. The molecule has 3 N–H and O–H groups in total. The molecular formula is C25H22FN5O5. The van der Waals surface area contributed by atoms with Crippen LogP contribution in [0, 0.1) is 19.7 Å².